The summed E-state index contributed by atoms with van der Waals surface area (Å²) >= 11 is 0. The van der Waals surface area contributed by atoms with Crippen molar-refractivity contribution in [3.8, 4) is 0 Å². The van der Waals surface area contributed by atoms with Crippen molar-refractivity contribution in [2.24, 2.45) is 0 Å². The van der Waals surface area contributed by atoms with Crippen molar-refractivity contribution in [1.29, 1.82) is 0 Å². The quantitative estimate of drug-likeness (QED) is 0.835. The lowest BCUT2D eigenvalue weighted by Gasteiger charge is -2.28. The van der Waals surface area contributed by atoms with Crippen LogP contribution in [0.4, 0.5) is 23.1 Å². The van der Waals surface area contributed by atoms with Crippen LogP contribution in [-0.4, -0.2) is 36.1 Å². The zero-order valence-corrected chi connectivity index (χ0v) is 16.5. The summed E-state index contributed by atoms with van der Waals surface area (Å²) in [7, 11) is 0. The molecule has 0 saturated carbocycles. The fraction of sp³-hybridized carbons (Fsp3) is 0.545. The summed E-state index contributed by atoms with van der Waals surface area (Å²) in [6.45, 7) is 6.53. The lowest BCUT2D eigenvalue weighted by molar-refractivity contribution is 0.578. The molecule has 0 atom stereocenters. The Morgan fingerprint density at radius 3 is 2.00 bits per heavy atom. The Labute approximate surface area is 162 Å². The van der Waals surface area contributed by atoms with Gasteiger partial charge in [-0.1, -0.05) is 12.8 Å². The van der Waals surface area contributed by atoms with Crippen LogP contribution in [0.3, 0.4) is 0 Å². The van der Waals surface area contributed by atoms with Crippen molar-refractivity contribution in [3.63, 3.8) is 0 Å². The molecule has 0 radical (unpaired) electrons. The van der Waals surface area contributed by atoms with Crippen molar-refractivity contribution in [2.75, 3.05) is 41.3 Å². The summed E-state index contributed by atoms with van der Waals surface area (Å²) < 4.78 is 0. The second-order valence-corrected chi connectivity index (χ2v) is 7.82. The Hall–Kier alpha value is -2.30. The third-order valence-electron chi connectivity index (χ3n) is 5.59. The van der Waals surface area contributed by atoms with Gasteiger partial charge in [0.1, 0.15) is 5.82 Å². The third-order valence-corrected chi connectivity index (χ3v) is 5.59. The van der Waals surface area contributed by atoms with Gasteiger partial charge in [0.25, 0.3) is 0 Å². The van der Waals surface area contributed by atoms with Crippen LogP contribution in [0.1, 0.15) is 50.6 Å². The number of hydrogen-bond acceptors (Lipinski definition) is 5. The number of aromatic nitrogens is 2. The second kappa shape index (κ2) is 8.59. The van der Waals surface area contributed by atoms with Crippen molar-refractivity contribution >= 4 is 23.1 Å². The molecule has 2 aromatic rings. The van der Waals surface area contributed by atoms with E-state index in [0.717, 1.165) is 36.2 Å². The van der Waals surface area contributed by atoms with Gasteiger partial charge in [-0.05, 0) is 63.3 Å². The summed E-state index contributed by atoms with van der Waals surface area (Å²) in [4.78, 5) is 14.3. The average Bonchev–Trinajstić information content (AvgIpc) is 2.98. The van der Waals surface area contributed by atoms with Crippen LogP contribution < -0.4 is 15.1 Å². The first-order chi connectivity index (χ1) is 13.3. The Bertz CT molecular complexity index is 729. The average molecular weight is 366 g/mol. The molecular formula is C22H31N5. The fourth-order valence-corrected chi connectivity index (χ4v) is 4.08. The van der Waals surface area contributed by atoms with Crippen molar-refractivity contribution < 1.29 is 0 Å². The van der Waals surface area contributed by atoms with E-state index in [9.17, 15) is 0 Å². The number of nitrogens with one attached hydrogen (secondary N) is 1. The molecule has 144 valence electrons. The highest BCUT2D eigenvalue weighted by atomic mass is 15.3. The summed E-state index contributed by atoms with van der Waals surface area (Å²) in [6.07, 6.45) is 9.07. The summed E-state index contributed by atoms with van der Waals surface area (Å²) in [5.74, 6) is 1.75. The maximum atomic E-state index is 4.80. The molecule has 0 aliphatic carbocycles. The van der Waals surface area contributed by atoms with E-state index in [1.807, 2.05) is 13.0 Å². The van der Waals surface area contributed by atoms with Crippen LogP contribution in [0.2, 0.25) is 0 Å². The van der Waals surface area contributed by atoms with Gasteiger partial charge < -0.3 is 15.1 Å². The monoisotopic (exact) mass is 365 g/mol. The van der Waals surface area contributed by atoms with Gasteiger partial charge in [-0.2, -0.15) is 4.98 Å². The van der Waals surface area contributed by atoms with E-state index in [-0.39, 0.29) is 0 Å². The summed E-state index contributed by atoms with van der Waals surface area (Å²) in [6, 6.07) is 10.8. The molecule has 0 bridgehead atoms. The fourth-order valence-electron chi connectivity index (χ4n) is 4.08. The van der Waals surface area contributed by atoms with Crippen molar-refractivity contribution in [2.45, 2.75) is 51.9 Å². The third kappa shape index (κ3) is 4.71. The molecule has 5 nitrogen and oxygen atoms in total. The zero-order chi connectivity index (χ0) is 18.5. The molecule has 3 heterocycles. The van der Waals surface area contributed by atoms with Gasteiger partial charge >= 0.3 is 0 Å². The van der Waals surface area contributed by atoms with Crippen molar-refractivity contribution in [3.05, 3.63) is 36.0 Å². The first kappa shape index (κ1) is 18.1. The Morgan fingerprint density at radius 1 is 0.741 bits per heavy atom. The minimum absolute atomic E-state index is 0.865. The van der Waals surface area contributed by atoms with Crippen LogP contribution >= 0.6 is 0 Å². The molecule has 1 aromatic heterocycles. The standard InChI is InChI=1S/C22H31N5/c1-18-17-21(25-22(23-18)27-15-5-2-3-6-16-27)24-19-9-11-20(12-10-19)26-13-7-4-8-14-26/h9-12,17H,2-8,13-16H2,1H3,(H,23,24,25). The molecule has 1 N–H and O–H groups in total. The smallest absolute Gasteiger partial charge is 0.227 e. The maximum Gasteiger partial charge on any atom is 0.227 e. The SMILES string of the molecule is Cc1cc(Nc2ccc(N3CCCCC3)cc2)nc(N2CCCCCC2)n1. The first-order valence-electron chi connectivity index (χ1n) is 10.5. The molecule has 4 rings (SSSR count). The van der Waals surface area contributed by atoms with E-state index in [0.29, 0.717) is 0 Å². The van der Waals surface area contributed by atoms with Gasteiger partial charge in [-0.15, -0.1) is 0 Å². The van der Waals surface area contributed by atoms with Crippen LogP contribution in [0.25, 0.3) is 0 Å². The van der Waals surface area contributed by atoms with Gasteiger partial charge in [0, 0.05) is 49.3 Å². The molecular weight excluding hydrogens is 334 g/mol. The largest absolute Gasteiger partial charge is 0.372 e. The second-order valence-electron chi connectivity index (χ2n) is 7.82. The predicted molar refractivity (Wildman–Crippen MR) is 113 cm³/mol. The number of piperidine rings is 1. The van der Waals surface area contributed by atoms with Gasteiger partial charge in [-0.3, -0.25) is 0 Å². The molecule has 27 heavy (non-hydrogen) atoms. The highest BCUT2D eigenvalue weighted by Gasteiger charge is 2.14. The highest BCUT2D eigenvalue weighted by molar-refractivity contribution is 5.62. The van der Waals surface area contributed by atoms with E-state index < -0.39 is 0 Å². The first-order valence-corrected chi connectivity index (χ1v) is 10.5. The summed E-state index contributed by atoms with van der Waals surface area (Å²) in [5.41, 5.74) is 3.41. The van der Waals surface area contributed by atoms with E-state index in [1.165, 1.54) is 63.7 Å². The minimum Gasteiger partial charge on any atom is -0.372 e. The number of anilines is 4. The van der Waals surface area contributed by atoms with E-state index in [1.54, 1.807) is 0 Å². The van der Waals surface area contributed by atoms with Gasteiger partial charge in [-0.25, -0.2) is 4.98 Å². The topological polar surface area (TPSA) is 44.3 Å². The molecule has 0 spiro atoms. The van der Waals surface area contributed by atoms with Crippen molar-refractivity contribution in [1.82, 2.24) is 9.97 Å². The van der Waals surface area contributed by atoms with Crippen LogP contribution in [0, 0.1) is 6.92 Å². The molecule has 2 saturated heterocycles. The van der Waals surface area contributed by atoms with E-state index in [2.05, 4.69) is 44.4 Å². The lowest BCUT2D eigenvalue weighted by Crippen LogP contribution is -2.29. The van der Waals surface area contributed by atoms with Crippen LogP contribution in [0.5, 0.6) is 0 Å². The maximum absolute atomic E-state index is 4.80. The molecule has 0 amide bonds. The van der Waals surface area contributed by atoms with E-state index in [4.69, 9.17) is 4.98 Å². The molecule has 2 fully saturated rings. The molecule has 2 aliphatic rings. The van der Waals surface area contributed by atoms with Gasteiger partial charge in [0.05, 0.1) is 0 Å². The Morgan fingerprint density at radius 2 is 1.33 bits per heavy atom. The lowest BCUT2D eigenvalue weighted by atomic mass is 10.1. The molecule has 1 aromatic carbocycles. The van der Waals surface area contributed by atoms with Crippen LogP contribution in [-0.2, 0) is 0 Å². The molecule has 2 aliphatic heterocycles. The normalized spacial score (nSPS) is 18.3. The highest BCUT2D eigenvalue weighted by Crippen LogP contribution is 2.24. The Kier molecular flexibility index (Phi) is 5.75. The van der Waals surface area contributed by atoms with Gasteiger partial charge in [0.15, 0.2) is 0 Å². The number of benzene rings is 1. The minimum atomic E-state index is 0.865. The number of hydrogen-bond donors (Lipinski definition) is 1. The van der Waals surface area contributed by atoms with E-state index >= 15 is 0 Å². The van der Waals surface area contributed by atoms with Gasteiger partial charge in [0.2, 0.25) is 5.95 Å². The number of nitrogens with zero attached hydrogens (tertiary/aromatic N) is 4. The van der Waals surface area contributed by atoms with Crippen LogP contribution in [0.15, 0.2) is 30.3 Å². The molecule has 5 heteroatoms. The summed E-state index contributed by atoms with van der Waals surface area (Å²) in [5, 5.41) is 3.47. The number of aryl methyl sites for hydroxylation is 1. The zero-order valence-electron chi connectivity index (χ0n) is 16.5. The molecule has 0 unspecified atom stereocenters. The Balaban J connectivity index is 1.47. The predicted octanol–water partition coefficient (Wildman–Crippen LogP) is 4.90. The number of rotatable bonds is 4.